The Kier molecular flexibility index (Phi) is 4.15. The highest BCUT2D eigenvalue weighted by Crippen LogP contribution is 2.20. The molecule has 1 atom stereocenters. The number of amides is 1. The van der Waals surface area contributed by atoms with Gasteiger partial charge in [0, 0.05) is 10.9 Å². The number of nitrogens with two attached hydrogens (primary N) is 1. The molecule has 1 saturated carbocycles. The number of carbonyl (C=O) groups excluding carboxylic acids is 1. The van der Waals surface area contributed by atoms with Gasteiger partial charge in [-0.1, -0.05) is 6.07 Å². The summed E-state index contributed by atoms with van der Waals surface area (Å²) in [4.78, 5) is 12.8. The van der Waals surface area contributed by atoms with E-state index in [2.05, 4.69) is 5.32 Å². The van der Waals surface area contributed by atoms with Gasteiger partial charge < -0.3 is 16.2 Å². The van der Waals surface area contributed by atoms with Crippen LogP contribution in [0.5, 0.6) is 0 Å². The largest absolute Gasteiger partial charge is 0.393 e. The molecule has 1 unspecified atom stereocenters. The Bertz CT molecular complexity index is 359. The number of thiophene rings is 1. The maximum atomic E-state index is 11.9. The van der Waals surface area contributed by atoms with Crippen LogP contribution >= 0.6 is 11.3 Å². The fraction of sp³-hybridized carbons (Fsp3) is 0.583. The standard InChI is InChI=1S/C12H18N2O2S/c13-11(10-2-1-7-17-10)12(16)14-8-3-5-9(15)6-4-8/h1-2,7-9,11,15H,3-6,13H2,(H,14,16). The van der Waals surface area contributed by atoms with E-state index in [1.165, 1.54) is 11.3 Å². The van der Waals surface area contributed by atoms with Gasteiger partial charge in [0.05, 0.1) is 6.10 Å². The van der Waals surface area contributed by atoms with Gasteiger partial charge in [0.1, 0.15) is 6.04 Å². The highest BCUT2D eigenvalue weighted by molar-refractivity contribution is 7.10. The number of nitrogens with one attached hydrogen (secondary N) is 1. The molecule has 1 heterocycles. The third-order valence-corrected chi connectivity index (χ3v) is 4.13. The van der Waals surface area contributed by atoms with Gasteiger partial charge in [-0.2, -0.15) is 0 Å². The van der Waals surface area contributed by atoms with Crippen molar-refractivity contribution in [3.05, 3.63) is 22.4 Å². The molecule has 5 heteroatoms. The molecular weight excluding hydrogens is 236 g/mol. The Morgan fingerprint density at radius 2 is 2.18 bits per heavy atom. The first-order chi connectivity index (χ1) is 8.16. The highest BCUT2D eigenvalue weighted by Gasteiger charge is 2.24. The van der Waals surface area contributed by atoms with Gasteiger partial charge >= 0.3 is 0 Å². The summed E-state index contributed by atoms with van der Waals surface area (Å²) in [5, 5.41) is 14.3. The molecule has 4 N–H and O–H groups in total. The number of hydrogen-bond donors (Lipinski definition) is 3. The molecule has 1 aliphatic rings. The zero-order valence-corrected chi connectivity index (χ0v) is 10.5. The van der Waals surface area contributed by atoms with E-state index < -0.39 is 6.04 Å². The average molecular weight is 254 g/mol. The first-order valence-corrected chi connectivity index (χ1v) is 6.82. The van der Waals surface area contributed by atoms with Crippen molar-refractivity contribution in [2.75, 3.05) is 0 Å². The molecule has 0 spiro atoms. The minimum atomic E-state index is -0.568. The van der Waals surface area contributed by atoms with Gasteiger partial charge in [0.15, 0.2) is 0 Å². The van der Waals surface area contributed by atoms with Crippen molar-refractivity contribution in [2.45, 2.75) is 43.9 Å². The van der Waals surface area contributed by atoms with Gasteiger partial charge in [-0.25, -0.2) is 0 Å². The SMILES string of the molecule is NC(C(=O)NC1CCC(O)CC1)c1cccs1. The Morgan fingerprint density at radius 1 is 1.47 bits per heavy atom. The second-order valence-electron chi connectivity index (χ2n) is 4.51. The van der Waals surface area contributed by atoms with Crippen LogP contribution in [0.2, 0.25) is 0 Å². The molecule has 17 heavy (non-hydrogen) atoms. The van der Waals surface area contributed by atoms with Crippen molar-refractivity contribution in [3.8, 4) is 0 Å². The maximum Gasteiger partial charge on any atom is 0.242 e. The Labute approximate surface area is 105 Å². The van der Waals surface area contributed by atoms with Crippen LogP contribution in [-0.2, 0) is 4.79 Å². The predicted molar refractivity (Wildman–Crippen MR) is 67.7 cm³/mol. The van der Waals surface area contributed by atoms with E-state index in [1.807, 2.05) is 17.5 Å². The summed E-state index contributed by atoms with van der Waals surface area (Å²) >= 11 is 1.50. The lowest BCUT2D eigenvalue weighted by Crippen LogP contribution is -2.42. The van der Waals surface area contributed by atoms with Crippen LogP contribution in [0.25, 0.3) is 0 Å². The summed E-state index contributed by atoms with van der Waals surface area (Å²) in [6.45, 7) is 0. The lowest BCUT2D eigenvalue weighted by molar-refractivity contribution is -0.123. The van der Waals surface area contributed by atoms with Crippen LogP contribution in [0.3, 0.4) is 0 Å². The van der Waals surface area contributed by atoms with Crippen LogP contribution in [0.15, 0.2) is 17.5 Å². The van der Waals surface area contributed by atoms with Gasteiger partial charge in [0.2, 0.25) is 5.91 Å². The summed E-state index contributed by atoms with van der Waals surface area (Å²) in [5.41, 5.74) is 5.88. The molecule has 1 aromatic rings. The number of aliphatic hydroxyl groups excluding tert-OH is 1. The van der Waals surface area contributed by atoms with E-state index in [-0.39, 0.29) is 18.1 Å². The molecule has 1 aliphatic carbocycles. The summed E-state index contributed by atoms with van der Waals surface area (Å²) < 4.78 is 0. The zero-order chi connectivity index (χ0) is 12.3. The molecule has 0 aliphatic heterocycles. The maximum absolute atomic E-state index is 11.9. The van der Waals surface area contributed by atoms with Crippen molar-refractivity contribution < 1.29 is 9.90 Å². The number of carbonyl (C=O) groups is 1. The normalized spacial score (nSPS) is 26.5. The molecule has 4 nitrogen and oxygen atoms in total. The summed E-state index contributed by atoms with van der Waals surface area (Å²) in [7, 11) is 0. The van der Waals surface area contributed by atoms with Gasteiger partial charge in [-0.3, -0.25) is 4.79 Å². The minimum absolute atomic E-state index is 0.117. The number of hydrogen-bond acceptors (Lipinski definition) is 4. The quantitative estimate of drug-likeness (QED) is 0.758. The molecule has 1 fully saturated rings. The van der Waals surface area contributed by atoms with Crippen LogP contribution in [0, 0.1) is 0 Å². The van der Waals surface area contributed by atoms with Crippen molar-refractivity contribution in [2.24, 2.45) is 5.73 Å². The molecule has 0 bridgehead atoms. The molecule has 0 aromatic carbocycles. The van der Waals surface area contributed by atoms with E-state index in [9.17, 15) is 9.90 Å². The first kappa shape index (κ1) is 12.5. The minimum Gasteiger partial charge on any atom is -0.393 e. The van der Waals surface area contributed by atoms with E-state index in [0.717, 1.165) is 30.6 Å². The van der Waals surface area contributed by atoms with Crippen LogP contribution in [-0.4, -0.2) is 23.2 Å². The molecule has 0 radical (unpaired) electrons. The summed E-state index contributed by atoms with van der Waals surface area (Å²) in [6, 6.07) is 3.36. The number of rotatable bonds is 3. The van der Waals surface area contributed by atoms with Crippen LogP contribution < -0.4 is 11.1 Å². The Hall–Kier alpha value is -0.910. The molecule has 94 valence electrons. The van der Waals surface area contributed by atoms with Crippen molar-refractivity contribution in [1.82, 2.24) is 5.32 Å². The van der Waals surface area contributed by atoms with E-state index in [4.69, 9.17) is 5.73 Å². The summed E-state index contributed by atoms with van der Waals surface area (Å²) in [5.74, 6) is -0.117. The molecule has 1 aromatic heterocycles. The van der Waals surface area contributed by atoms with E-state index in [1.54, 1.807) is 0 Å². The monoisotopic (exact) mass is 254 g/mol. The van der Waals surface area contributed by atoms with Gasteiger partial charge in [-0.15, -0.1) is 11.3 Å². The third-order valence-electron chi connectivity index (χ3n) is 3.18. The molecular formula is C12H18N2O2S. The van der Waals surface area contributed by atoms with Gasteiger partial charge in [-0.05, 0) is 37.1 Å². The van der Waals surface area contributed by atoms with Crippen molar-refractivity contribution >= 4 is 17.2 Å². The molecule has 2 rings (SSSR count). The highest BCUT2D eigenvalue weighted by atomic mass is 32.1. The third kappa shape index (κ3) is 3.28. The van der Waals surface area contributed by atoms with Crippen LogP contribution in [0.4, 0.5) is 0 Å². The van der Waals surface area contributed by atoms with E-state index >= 15 is 0 Å². The Morgan fingerprint density at radius 3 is 2.76 bits per heavy atom. The molecule has 1 amide bonds. The Balaban J connectivity index is 1.85. The smallest absolute Gasteiger partial charge is 0.242 e. The molecule has 0 saturated heterocycles. The average Bonchev–Trinajstić information content (AvgIpc) is 2.84. The fourth-order valence-corrected chi connectivity index (χ4v) is 2.83. The topological polar surface area (TPSA) is 75.4 Å². The van der Waals surface area contributed by atoms with Crippen LogP contribution in [0.1, 0.15) is 36.6 Å². The number of aliphatic hydroxyl groups is 1. The fourth-order valence-electron chi connectivity index (χ4n) is 2.11. The summed E-state index contributed by atoms with van der Waals surface area (Å²) in [6.07, 6.45) is 3.00. The zero-order valence-electron chi connectivity index (χ0n) is 9.63. The first-order valence-electron chi connectivity index (χ1n) is 5.94. The lowest BCUT2D eigenvalue weighted by Gasteiger charge is -2.27. The van der Waals surface area contributed by atoms with Crippen molar-refractivity contribution in [1.29, 1.82) is 0 Å². The second-order valence-corrected chi connectivity index (χ2v) is 5.49. The van der Waals surface area contributed by atoms with Gasteiger partial charge in [0.25, 0.3) is 0 Å². The second kappa shape index (κ2) is 5.62. The van der Waals surface area contributed by atoms with E-state index in [0.29, 0.717) is 0 Å². The predicted octanol–water partition coefficient (Wildman–Crippen LogP) is 1.17. The lowest BCUT2D eigenvalue weighted by atomic mass is 9.93. The van der Waals surface area contributed by atoms with Crippen molar-refractivity contribution in [3.63, 3.8) is 0 Å².